The lowest BCUT2D eigenvalue weighted by atomic mass is 9.91. The van der Waals surface area contributed by atoms with Crippen molar-refractivity contribution < 1.29 is 19.2 Å². The summed E-state index contributed by atoms with van der Waals surface area (Å²) in [6, 6.07) is 23.6. The molecule has 2 aliphatic rings. The Morgan fingerprint density at radius 3 is 2.63 bits per heavy atom. The van der Waals surface area contributed by atoms with E-state index in [0.29, 0.717) is 74.8 Å². The van der Waals surface area contributed by atoms with E-state index in [9.17, 15) is 19.7 Å². The van der Waals surface area contributed by atoms with Crippen LogP contribution in [0.2, 0.25) is 0 Å². The van der Waals surface area contributed by atoms with Crippen LogP contribution in [0.15, 0.2) is 85.1 Å². The van der Waals surface area contributed by atoms with E-state index in [2.05, 4.69) is 25.2 Å². The monoisotopic (exact) mass is 699 g/mol. The van der Waals surface area contributed by atoms with Crippen molar-refractivity contribution in [1.82, 2.24) is 34.8 Å². The van der Waals surface area contributed by atoms with Crippen LogP contribution in [-0.2, 0) is 22.6 Å². The van der Waals surface area contributed by atoms with Gasteiger partial charge in [-0.05, 0) is 47.6 Å². The van der Waals surface area contributed by atoms with E-state index < -0.39 is 11.0 Å². The number of imidazole rings is 1. The number of hydrogen-bond donors (Lipinski definition) is 1. The third kappa shape index (κ3) is 6.16. The molecule has 52 heavy (non-hydrogen) atoms. The molecule has 264 valence electrons. The average Bonchev–Trinajstić information content (AvgIpc) is 3.75. The molecule has 2 amide bonds. The summed E-state index contributed by atoms with van der Waals surface area (Å²) in [6.45, 7) is 2.91. The van der Waals surface area contributed by atoms with Crippen LogP contribution in [0.4, 0.5) is 11.6 Å². The lowest BCUT2D eigenvalue weighted by molar-refractivity contribution is -0.384. The van der Waals surface area contributed by atoms with Gasteiger partial charge in [-0.1, -0.05) is 53.7 Å². The van der Waals surface area contributed by atoms with Gasteiger partial charge < -0.3 is 24.4 Å². The van der Waals surface area contributed by atoms with E-state index in [1.165, 1.54) is 12.1 Å². The number of rotatable bonds is 8. The number of methoxy groups -OCH3 is 1. The molecule has 4 heterocycles. The largest absolute Gasteiger partial charge is 0.496 e. The van der Waals surface area contributed by atoms with Crippen molar-refractivity contribution in [2.45, 2.75) is 31.8 Å². The maximum absolute atomic E-state index is 14.4. The summed E-state index contributed by atoms with van der Waals surface area (Å²) in [6.07, 6.45) is 3.38. The van der Waals surface area contributed by atoms with Gasteiger partial charge in [0.15, 0.2) is 0 Å². The molecule has 0 spiro atoms. The minimum Gasteiger partial charge on any atom is -0.496 e. The fourth-order valence-corrected chi connectivity index (χ4v) is 7.43. The molecule has 2 aromatic heterocycles. The Morgan fingerprint density at radius 2 is 1.79 bits per heavy atom. The number of aromatic amines is 1. The number of carbonyl (C=O) groups excluding carboxylic acids is 2. The zero-order chi connectivity index (χ0) is 35.8. The number of nitro groups is 1. The first-order chi connectivity index (χ1) is 25.4. The Kier molecular flexibility index (Phi) is 8.71. The first-order valence-corrected chi connectivity index (χ1v) is 17.4. The lowest BCUT2D eigenvalue weighted by Gasteiger charge is -2.39. The number of fused-ring (bicyclic) bond motifs is 3. The number of hydrogen-bond acceptors (Lipinski definition) is 9. The molecule has 0 radical (unpaired) electrons. The quantitative estimate of drug-likeness (QED) is 0.168. The van der Waals surface area contributed by atoms with Crippen LogP contribution in [0.5, 0.6) is 5.75 Å². The maximum atomic E-state index is 14.4. The number of amides is 2. The minimum atomic E-state index is -0.729. The van der Waals surface area contributed by atoms with Gasteiger partial charge >= 0.3 is 0 Å². The zero-order valence-corrected chi connectivity index (χ0v) is 28.6. The van der Waals surface area contributed by atoms with Crippen molar-refractivity contribution in [3.63, 3.8) is 0 Å². The van der Waals surface area contributed by atoms with E-state index in [0.717, 1.165) is 33.2 Å². The van der Waals surface area contributed by atoms with Crippen LogP contribution in [0.1, 0.15) is 30.0 Å². The number of aromatic nitrogens is 5. The van der Waals surface area contributed by atoms with Crippen LogP contribution in [0.25, 0.3) is 33.1 Å². The third-order valence-corrected chi connectivity index (χ3v) is 10.1. The first kappa shape index (κ1) is 32.9. The molecular formula is C38H37N9O5. The summed E-state index contributed by atoms with van der Waals surface area (Å²) in [4.78, 5) is 52.8. The van der Waals surface area contributed by atoms with Crippen LogP contribution < -0.4 is 9.64 Å². The topological polar surface area (TPSA) is 156 Å². The van der Waals surface area contributed by atoms with Gasteiger partial charge in [0.25, 0.3) is 5.69 Å². The van der Waals surface area contributed by atoms with Gasteiger partial charge in [0.1, 0.15) is 17.5 Å². The van der Waals surface area contributed by atoms with Gasteiger partial charge in [0.05, 0.1) is 35.8 Å². The number of nitro benzene ring substituents is 1. The number of nitrogens with one attached hydrogen (secondary N) is 1. The van der Waals surface area contributed by atoms with Crippen molar-refractivity contribution in [3.05, 3.63) is 106 Å². The number of aryl methyl sites for hydroxylation is 1. The van der Waals surface area contributed by atoms with Gasteiger partial charge in [-0.25, -0.2) is 4.98 Å². The van der Waals surface area contributed by atoms with E-state index >= 15 is 0 Å². The Bertz CT molecular complexity index is 2320. The normalized spacial score (nSPS) is 16.2. The van der Waals surface area contributed by atoms with Gasteiger partial charge in [-0.15, -0.1) is 5.10 Å². The Hall–Kier alpha value is -6.31. The molecule has 14 nitrogen and oxygen atoms in total. The summed E-state index contributed by atoms with van der Waals surface area (Å²) >= 11 is 0. The third-order valence-electron chi connectivity index (χ3n) is 10.1. The lowest BCUT2D eigenvalue weighted by Crippen LogP contribution is -2.49. The number of nitrogens with zero attached hydrogens (tertiary/aromatic N) is 8. The predicted octanol–water partition coefficient (Wildman–Crippen LogP) is 5.15. The summed E-state index contributed by atoms with van der Waals surface area (Å²) in [5.74, 6) is 1.17. The molecule has 4 aromatic carbocycles. The Labute approximate surface area is 298 Å². The van der Waals surface area contributed by atoms with Crippen LogP contribution in [-0.4, -0.2) is 91.3 Å². The number of benzene rings is 4. The average molecular weight is 700 g/mol. The molecule has 0 aliphatic carbocycles. The number of non-ortho nitro benzene ring substituents is 1. The fraction of sp³-hybridized carbons (Fsp3) is 0.289. The number of H-pyrrole nitrogens is 1. The molecule has 2 aliphatic heterocycles. The Morgan fingerprint density at radius 1 is 0.962 bits per heavy atom. The molecule has 1 saturated heterocycles. The highest BCUT2D eigenvalue weighted by Gasteiger charge is 2.38. The molecular weight excluding hydrogens is 662 g/mol. The summed E-state index contributed by atoms with van der Waals surface area (Å²) in [5, 5.41) is 22.0. The van der Waals surface area contributed by atoms with Crippen molar-refractivity contribution in [1.29, 1.82) is 0 Å². The second-order valence-corrected chi connectivity index (χ2v) is 13.1. The van der Waals surface area contributed by atoms with Gasteiger partial charge in [-0.3, -0.25) is 24.4 Å². The number of ether oxygens (including phenoxy) is 1. The summed E-state index contributed by atoms with van der Waals surface area (Å²) in [5.41, 5.74) is 4.79. The molecule has 6 aromatic rings. The standard InChI is InChI=1S/C38H37N9O5/c1-52-34-14-12-29(28-9-4-5-10-30(28)34)33-24-45(42-41-33)19-16-35(48)46-20-15-25-7-2-3-8-27(25)36(46)37(49)43-17-6-18-44(22-21-43)38-39-31-13-11-26(47(50)51)23-32(31)40-38/h2-5,7-14,23-24,36H,6,15-22H2,1H3,(H,39,40). The number of anilines is 1. The SMILES string of the molecule is COc1ccc(-c2cn(CCC(=O)N3CCc4ccccc4C3C(=O)N3CCCN(c4nc5ccc([N+](=O)[O-])cc5[nH]4)CC3)nn2)c2ccccc12. The molecule has 1 unspecified atom stereocenters. The van der Waals surface area contributed by atoms with Gasteiger partial charge in [0.2, 0.25) is 17.8 Å². The van der Waals surface area contributed by atoms with Crippen molar-refractivity contribution in [2.75, 3.05) is 44.7 Å². The van der Waals surface area contributed by atoms with Gasteiger partial charge in [-0.2, -0.15) is 0 Å². The highest BCUT2D eigenvalue weighted by atomic mass is 16.6. The van der Waals surface area contributed by atoms with Crippen LogP contribution >= 0.6 is 0 Å². The fourth-order valence-electron chi connectivity index (χ4n) is 7.43. The molecule has 8 rings (SSSR count). The Balaban J connectivity index is 0.976. The predicted molar refractivity (Wildman–Crippen MR) is 195 cm³/mol. The second-order valence-electron chi connectivity index (χ2n) is 13.1. The molecule has 1 N–H and O–H groups in total. The summed E-state index contributed by atoms with van der Waals surface area (Å²) in [7, 11) is 1.65. The van der Waals surface area contributed by atoms with Crippen LogP contribution in [0, 0.1) is 10.1 Å². The molecule has 0 saturated carbocycles. The molecule has 1 atom stereocenters. The highest BCUT2D eigenvalue weighted by molar-refractivity contribution is 5.99. The molecule has 0 bridgehead atoms. The minimum absolute atomic E-state index is 0.00413. The van der Waals surface area contributed by atoms with E-state index in [4.69, 9.17) is 4.74 Å². The summed E-state index contributed by atoms with van der Waals surface area (Å²) < 4.78 is 7.23. The van der Waals surface area contributed by atoms with Crippen LogP contribution in [0.3, 0.4) is 0 Å². The second kappa shape index (κ2) is 13.8. The van der Waals surface area contributed by atoms with E-state index in [1.807, 2.05) is 71.8 Å². The molecule has 14 heteroatoms. The maximum Gasteiger partial charge on any atom is 0.271 e. The molecule has 1 fully saturated rings. The van der Waals surface area contributed by atoms with Crippen molar-refractivity contribution in [3.8, 4) is 17.0 Å². The number of carbonyl (C=O) groups is 2. The van der Waals surface area contributed by atoms with E-state index in [-0.39, 0.29) is 23.9 Å². The first-order valence-electron chi connectivity index (χ1n) is 17.4. The van der Waals surface area contributed by atoms with Crippen molar-refractivity contribution in [2.24, 2.45) is 0 Å². The van der Waals surface area contributed by atoms with Crippen molar-refractivity contribution >= 4 is 45.3 Å². The van der Waals surface area contributed by atoms with Gasteiger partial charge in [0, 0.05) is 62.2 Å². The zero-order valence-electron chi connectivity index (χ0n) is 28.6. The highest BCUT2D eigenvalue weighted by Crippen LogP contribution is 2.35. The van der Waals surface area contributed by atoms with E-state index in [1.54, 1.807) is 22.8 Å². The smallest absolute Gasteiger partial charge is 0.271 e.